The quantitative estimate of drug-likeness (QED) is 0.404. The molecular weight excluding hydrogens is 458 g/mol. The lowest BCUT2D eigenvalue weighted by atomic mass is 10.0. The predicted molar refractivity (Wildman–Crippen MR) is 122 cm³/mol. The van der Waals surface area contributed by atoms with Crippen LogP contribution in [0.2, 0.25) is 10.0 Å². The van der Waals surface area contributed by atoms with E-state index in [-0.39, 0.29) is 12.1 Å². The fourth-order valence-electron chi connectivity index (χ4n) is 3.12. The number of urea groups is 1. The number of rotatable bonds is 7. The monoisotopic (exact) mass is 476 g/mol. The summed E-state index contributed by atoms with van der Waals surface area (Å²) in [5.41, 5.74) is 2.22. The molecule has 3 N–H and O–H groups in total. The molecule has 0 aliphatic carbocycles. The van der Waals surface area contributed by atoms with Crippen LogP contribution in [0.1, 0.15) is 11.1 Å². The molecule has 0 heterocycles. The molecule has 6 nitrogen and oxygen atoms in total. The molecule has 3 aromatic carbocycles. The lowest BCUT2D eigenvalue weighted by molar-refractivity contribution is -0.136. The Labute approximate surface area is 193 Å². The SMILES string of the molecule is COc1ccccc1-c1c(Cl)cc(NC(=O)NCc2ccc(CC(=O)O)c(F)c2)cc1Cl. The predicted octanol–water partition coefficient (Wildman–Crippen LogP) is 5.76. The van der Waals surface area contributed by atoms with Gasteiger partial charge >= 0.3 is 12.0 Å². The van der Waals surface area contributed by atoms with Crippen molar-refractivity contribution in [1.82, 2.24) is 5.32 Å². The molecule has 3 aromatic rings. The molecule has 0 aliphatic rings. The zero-order chi connectivity index (χ0) is 23.3. The molecule has 0 spiro atoms. The van der Waals surface area contributed by atoms with Crippen molar-refractivity contribution in [1.29, 1.82) is 0 Å². The van der Waals surface area contributed by atoms with E-state index in [2.05, 4.69) is 10.6 Å². The van der Waals surface area contributed by atoms with Gasteiger partial charge in [0.15, 0.2) is 0 Å². The number of aliphatic carboxylic acids is 1. The lowest BCUT2D eigenvalue weighted by Gasteiger charge is -2.14. The minimum atomic E-state index is -1.12. The van der Waals surface area contributed by atoms with Crippen molar-refractivity contribution >= 4 is 40.9 Å². The minimum Gasteiger partial charge on any atom is -0.496 e. The molecule has 0 atom stereocenters. The van der Waals surface area contributed by atoms with Crippen LogP contribution in [0.4, 0.5) is 14.9 Å². The number of carboxylic acid groups (broad SMARTS) is 1. The van der Waals surface area contributed by atoms with Crippen molar-refractivity contribution in [3.8, 4) is 16.9 Å². The summed E-state index contributed by atoms with van der Waals surface area (Å²) in [6, 6.07) is 14.0. The number of methoxy groups -OCH3 is 1. The number of ether oxygens (including phenoxy) is 1. The zero-order valence-corrected chi connectivity index (χ0v) is 18.4. The average molecular weight is 477 g/mol. The van der Waals surface area contributed by atoms with Gasteiger partial charge in [-0.2, -0.15) is 0 Å². The Morgan fingerprint density at radius 3 is 2.38 bits per heavy atom. The number of hydrogen-bond donors (Lipinski definition) is 3. The summed E-state index contributed by atoms with van der Waals surface area (Å²) in [5, 5.41) is 14.7. The summed E-state index contributed by atoms with van der Waals surface area (Å²) in [6.45, 7) is 0.0386. The number of anilines is 1. The van der Waals surface area contributed by atoms with E-state index in [0.717, 1.165) is 5.56 Å². The van der Waals surface area contributed by atoms with Crippen LogP contribution in [0.15, 0.2) is 54.6 Å². The van der Waals surface area contributed by atoms with Gasteiger partial charge in [0.2, 0.25) is 0 Å². The van der Waals surface area contributed by atoms with Gasteiger partial charge in [-0.05, 0) is 35.4 Å². The first-order valence-corrected chi connectivity index (χ1v) is 10.2. The molecule has 0 aromatic heterocycles. The fraction of sp³-hybridized carbons (Fsp3) is 0.130. The summed E-state index contributed by atoms with van der Waals surface area (Å²) in [7, 11) is 1.55. The number of amides is 2. The van der Waals surface area contributed by atoms with Crippen LogP contribution in [0.25, 0.3) is 11.1 Å². The minimum absolute atomic E-state index is 0.0386. The molecule has 0 aliphatic heterocycles. The average Bonchev–Trinajstić information content (AvgIpc) is 2.73. The van der Waals surface area contributed by atoms with Gasteiger partial charge in [-0.3, -0.25) is 4.79 Å². The Morgan fingerprint density at radius 1 is 1.06 bits per heavy atom. The number of hydrogen-bond acceptors (Lipinski definition) is 3. The van der Waals surface area contributed by atoms with E-state index in [1.165, 1.54) is 12.1 Å². The van der Waals surface area contributed by atoms with E-state index in [9.17, 15) is 14.0 Å². The molecule has 2 amide bonds. The van der Waals surface area contributed by atoms with Crippen LogP contribution in [-0.2, 0) is 17.8 Å². The van der Waals surface area contributed by atoms with Crippen molar-refractivity contribution in [2.75, 3.05) is 12.4 Å². The summed E-state index contributed by atoms with van der Waals surface area (Å²) in [4.78, 5) is 23.0. The van der Waals surface area contributed by atoms with Crippen LogP contribution < -0.4 is 15.4 Å². The second-order valence-corrected chi connectivity index (χ2v) is 7.63. The fourth-order valence-corrected chi connectivity index (χ4v) is 3.81. The highest BCUT2D eigenvalue weighted by molar-refractivity contribution is 6.40. The molecule has 9 heteroatoms. The van der Waals surface area contributed by atoms with Crippen molar-refractivity contribution in [3.05, 3.63) is 81.6 Å². The van der Waals surface area contributed by atoms with Crippen LogP contribution >= 0.6 is 23.2 Å². The number of para-hydroxylation sites is 1. The van der Waals surface area contributed by atoms with Gasteiger partial charge in [0.05, 0.1) is 23.6 Å². The summed E-state index contributed by atoms with van der Waals surface area (Å²) in [5.74, 6) is -1.16. The zero-order valence-electron chi connectivity index (χ0n) is 16.9. The van der Waals surface area contributed by atoms with Crippen molar-refractivity contribution in [2.24, 2.45) is 0 Å². The highest BCUT2D eigenvalue weighted by atomic mass is 35.5. The number of halogens is 3. The summed E-state index contributed by atoms with van der Waals surface area (Å²) < 4.78 is 19.3. The molecular formula is C23H19Cl2FN2O4. The summed E-state index contributed by atoms with van der Waals surface area (Å²) in [6.07, 6.45) is -0.410. The van der Waals surface area contributed by atoms with Gasteiger partial charge in [0, 0.05) is 23.4 Å². The third kappa shape index (κ3) is 5.69. The molecule has 0 saturated heterocycles. The van der Waals surface area contributed by atoms with Gasteiger partial charge in [0.25, 0.3) is 0 Å². The molecule has 0 bridgehead atoms. The highest BCUT2D eigenvalue weighted by Crippen LogP contribution is 2.41. The van der Waals surface area contributed by atoms with Crippen molar-refractivity contribution in [3.63, 3.8) is 0 Å². The maximum absolute atomic E-state index is 14.0. The van der Waals surface area contributed by atoms with Gasteiger partial charge in [-0.15, -0.1) is 0 Å². The molecule has 166 valence electrons. The van der Waals surface area contributed by atoms with E-state index in [1.54, 1.807) is 31.4 Å². The van der Waals surface area contributed by atoms with E-state index in [0.29, 0.717) is 32.6 Å². The largest absolute Gasteiger partial charge is 0.496 e. The van der Waals surface area contributed by atoms with Gasteiger partial charge in [-0.1, -0.05) is 53.5 Å². The Balaban J connectivity index is 1.68. The van der Waals surface area contributed by atoms with E-state index < -0.39 is 24.2 Å². The van der Waals surface area contributed by atoms with Crippen LogP contribution in [0.5, 0.6) is 5.75 Å². The van der Waals surface area contributed by atoms with E-state index >= 15 is 0 Å². The smallest absolute Gasteiger partial charge is 0.319 e. The van der Waals surface area contributed by atoms with Gasteiger partial charge in [0.1, 0.15) is 11.6 Å². The number of benzene rings is 3. The number of carbonyl (C=O) groups excluding carboxylic acids is 1. The Hall–Kier alpha value is -3.29. The van der Waals surface area contributed by atoms with Crippen LogP contribution in [-0.4, -0.2) is 24.2 Å². The third-order valence-electron chi connectivity index (χ3n) is 4.59. The first-order valence-electron chi connectivity index (χ1n) is 9.45. The van der Waals surface area contributed by atoms with Crippen LogP contribution in [0.3, 0.4) is 0 Å². The maximum atomic E-state index is 14.0. The van der Waals surface area contributed by atoms with Crippen LogP contribution in [0, 0.1) is 5.82 Å². The standard InChI is InChI=1S/C23H19Cl2FN2O4/c1-32-20-5-3-2-4-16(20)22-17(24)10-15(11-18(22)25)28-23(31)27-12-13-6-7-14(9-21(29)30)19(26)8-13/h2-8,10-11H,9,12H2,1H3,(H,29,30)(H2,27,28,31). The molecule has 0 fully saturated rings. The number of nitrogens with one attached hydrogen (secondary N) is 2. The molecule has 0 unspecified atom stereocenters. The summed E-state index contributed by atoms with van der Waals surface area (Å²) >= 11 is 12.9. The molecule has 3 rings (SSSR count). The first kappa shape index (κ1) is 23.4. The topological polar surface area (TPSA) is 87.7 Å². The van der Waals surface area contributed by atoms with Gasteiger partial charge < -0.3 is 20.5 Å². The van der Waals surface area contributed by atoms with Gasteiger partial charge in [-0.25, -0.2) is 9.18 Å². The highest BCUT2D eigenvalue weighted by Gasteiger charge is 2.15. The molecule has 0 radical (unpaired) electrons. The second kappa shape index (κ2) is 10.3. The van der Waals surface area contributed by atoms with Crippen molar-refractivity contribution in [2.45, 2.75) is 13.0 Å². The van der Waals surface area contributed by atoms with E-state index in [4.69, 9.17) is 33.0 Å². The maximum Gasteiger partial charge on any atom is 0.319 e. The van der Waals surface area contributed by atoms with E-state index in [1.807, 2.05) is 18.2 Å². The first-order chi connectivity index (χ1) is 15.3. The van der Waals surface area contributed by atoms with Crippen molar-refractivity contribution < 1.29 is 23.8 Å². The Bertz CT molecular complexity index is 1150. The third-order valence-corrected chi connectivity index (χ3v) is 5.18. The normalized spacial score (nSPS) is 10.5. The number of carboxylic acids is 1. The molecule has 32 heavy (non-hydrogen) atoms. The number of carbonyl (C=O) groups is 2. The molecule has 0 saturated carbocycles. The second-order valence-electron chi connectivity index (χ2n) is 6.82. The Kier molecular flexibility index (Phi) is 7.56. The lowest BCUT2D eigenvalue weighted by Crippen LogP contribution is -2.28. The Morgan fingerprint density at radius 2 is 1.75 bits per heavy atom.